The van der Waals surface area contributed by atoms with E-state index in [0.29, 0.717) is 5.25 Å². The molecule has 0 fully saturated rings. The van der Waals surface area contributed by atoms with Gasteiger partial charge in [0.25, 0.3) is 0 Å². The highest BCUT2D eigenvalue weighted by Crippen LogP contribution is 2.36. The van der Waals surface area contributed by atoms with Crippen LogP contribution in [0.4, 0.5) is 0 Å². The van der Waals surface area contributed by atoms with E-state index in [-0.39, 0.29) is 0 Å². The molecule has 16 heavy (non-hydrogen) atoms. The van der Waals surface area contributed by atoms with Crippen LogP contribution in [0.1, 0.15) is 12.5 Å². The van der Waals surface area contributed by atoms with Crippen LogP contribution >= 0.6 is 11.8 Å². The number of thioether (sulfide) groups is 1. The number of hydrogen-bond donors (Lipinski definition) is 1. The smallest absolute Gasteiger partial charge is 0.0590 e. The molecule has 0 saturated heterocycles. The Kier molecular flexibility index (Phi) is 4.69. The Labute approximate surface area is 102 Å². The largest absolute Gasteiger partial charge is 0.380 e. The van der Waals surface area contributed by atoms with Crippen LogP contribution in [-0.4, -0.2) is 31.6 Å². The molecular formula is C13H19NOS. The predicted octanol–water partition coefficient (Wildman–Crippen LogP) is 2.33. The van der Waals surface area contributed by atoms with Gasteiger partial charge in [0, 0.05) is 29.8 Å². The second-order valence-corrected chi connectivity index (χ2v) is 5.29. The van der Waals surface area contributed by atoms with Crippen molar-refractivity contribution in [2.75, 3.05) is 26.3 Å². The van der Waals surface area contributed by atoms with Crippen LogP contribution in [0.15, 0.2) is 29.2 Å². The van der Waals surface area contributed by atoms with Crippen LogP contribution in [0, 0.1) is 0 Å². The van der Waals surface area contributed by atoms with Gasteiger partial charge in [-0.25, -0.2) is 0 Å². The second kappa shape index (κ2) is 6.28. The first-order chi connectivity index (χ1) is 7.90. The first-order valence-electron chi connectivity index (χ1n) is 5.93. The normalized spacial score (nSPS) is 18.7. The van der Waals surface area contributed by atoms with Crippen molar-refractivity contribution in [3.8, 4) is 0 Å². The van der Waals surface area contributed by atoms with Gasteiger partial charge >= 0.3 is 0 Å². The predicted molar refractivity (Wildman–Crippen MR) is 69.2 cm³/mol. The molecule has 88 valence electrons. The summed E-state index contributed by atoms with van der Waals surface area (Å²) < 4.78 is 5.29. The molecule has 1 N–H and O–H groups in total. The third kappa shape index (κ3) is 3.24. The maximum atomic E-state index is 5.29. The maximum absolute atomic E-state index is 5.29. The molecule has 1 aliphatic heterocycles. The summed E-state index contributed by atoms with van der Waals surface area (Å²) in [5.41, 5.74) is 1.50. The Hall–Kier alpha value is -0.510. The molecule has 1 aromatic rings. The average molecular weight is 237 g/mol. The SMILES string of the molecule is CCOCCNCC1Cc2ccccc2S1. The van der Waals surface area contributed by atoms with E-state index >= 15 is 0 Å². The molecule has 0 spiro atoms. The van der Waals surface area contributed by atoms with Crippen LogP contribution in [-0.2, 0) is 11.2 Å². The van der Waals surface area contributed by atoms with E-state index in [1.165, 1.54) is 16.9 Å². The fourth-order valence-corrected chi connectivity index (χ4v) is 3.20. The van der Waals surface area contributed by atoms with Gasteiger partial charge in [0.1, 0.15) is 0 Å². The van der Waals surface area contributed by atoms with Crippen LogP contribution in [0.2, 0.25) is 0 Å². The van der Waals surface area contributed by atoms with Crippen molar-refractivity contribution in [2.45, 2.75) is 23.5 Å². The molecule has 0 aromatic heterocycles. The molecule has 0 radical (unpaired) electrons. The summed E-state index contributed by atoms with van der Waals surface area (Å²) in [6.07, 6.45) is 1.20. The lowest BCUT2D eigenvalue weighted by Crippen LogP contribution is -2.27. The maximum Gasteiger partial charge on any atom is 0.0590 e. The summed E-state index contributed by atoms with van der Waals surface area (Å²) in [4.78, 5) is 1.46. The van der Waals surface area contributed by atoms with E-state index in [1.807, 2.05) is 18.7 Å². The van der Waals surface area contributed by atoms with Gasteiger partial charge in [-0.1, -0.05) is 18.2 Å². The van der Waals surface area contributed by atoms with E-state index in [2.05, 4.69) is 29.6 Å². The van der Waals surface area contributed by atoms with Gasteiger partial charge in [-0.3, -0.25) is 0 Å². The summed E-state index contributed by atoms with van der Waals surface area (Å²) in [6, 6.07) is 8.71. The highest BCUT2D eigenvalue weighted by Gasteiger charge is 2.20. The minimum Gasteiger partial charge on any atom is -0.380 e. The van der Waals surface area contributed by atoms with Gasteiger partial charge in [0.15, 0.2) is 0 Å². The molecule has 3 heteroatoms. The molecule has 1 aromatic carbocycles. The molecule has 1 aliphatic rings. The van der Waals surface area contributed by atoms with Gasteiger partial charge < -0.3 is 10.1 Å². The Morgan fingerprint density at radius 1 is 1.44 bits per heavy atom. The second-order valence-electron chi connectivity index (χ2n) is 3.95. The van der Waals surface area contributed by atoms with Gasteiger partial charge in [-0.2, -0.15) is 0 Å². The molecule has 2 nitrogen and oxygen atoms in total. The van der Waals surface area contributed by atoms with E-state index in [1.54, 1.807) is 0 Å². The molecule has 0 bridgehead atoms. The summed E-state index contributed by atoms with van der Waals surface area (Å²) >= 11 is 2.00. The lowest BCUT2D eigenvalue weighted by Gasteiger charge is -2.09. The lowest BCUT2D eigenvalue weighted by molar-refractivity contribution is 0.149. The van der Waals surface area contributed by atoms with Gasteiger partial charge in [-0.15, -0.1) is 11.8 Å². The van der Waals surface area contributed by atoms with Gasteiger partial charge in [0.05, 0.1) is 6.61 Å². The molecule has 0 aliphatic carbocycles. The van der Waals surface area contributed by atoms with Crippen LogP contribution in [0.25, 0.3) is 0 Å². The van der Waals surface area contributed by atoms with Crippen molar-refractivity contribution in [1.82, 2.24) is 5.32 Å². The summed E-state index contributed by atoms with van der Waals surface area (Å²) in [5.74, 6) is 0. The van der Waals surface area contributed by atoms with Crippen molar-refractivity contribution in [3.05, 3.63) is 29.8 Å². The summed E-state index contributed by atoms with van der Waals surface area (Å²) in [7, 11) is 0. The monoisotopic (exact) mass is 237 g/mol. The number of hydrogen-bond acceptors (Lipinski definition) is 3. The first-order valence-corrected chi connectivity index (χ1v) is 6.81. The number of benzene rings is 1. The molecule has 0 saturated carbocycles. The molecule has 1 unspecified atom stereocenters. The lowest BCUT2D eigenvalue weighted by atomic mass is 10.1. The van der Waals surface area contributed by atoms with Crippen molar-refractivity contribution in [3.63, 3.8) is 0 Å². The van der Waals surface area contributed by atoms with Crippen molar-refractivity contribution >= 4 is 11.8 Å². The standard InChI is InChI=1S/C13H19NOS/c1-2-15-8-7-14-10-12-9-11-5-3-4-6-13(11)16-12/h3-6,12,14H,2,7-10H2,1H3. The summed E-state index contributed by atoms with van der Waals surface area (Å²) in [5, 5.41) is 4.14. The average Bonchev–Trinajstić information content (AvgIpc) is 2.71. The zero-order valence-corrected chi connectivity index (χ0v) is 10.6. The molecule has 0 amide bonds. The molecule has 2 rings (SSSR count). The molecule has 1 atom stereocenters. The molecular weight excluding hydrogens is 218 g/mol. The minimum absolute atomic E-state index is 0.694. The highest BCUT2D eigenvalue weighted by molar-refractivity contribution is 8.00. The number of rotatable bonds is 6. The number of fused-ring (bicyclic) bond motifs is 1. The Balaban J connectivity index is 1.67. The Morgan fingerprint density at radius 2 is 2.31 bits per heavy atom. The minimum atomic E-state index is 0.694. The highest BCUT2D eigenvalue weighted by atomic mass is 32.2. The topological polar surface area (TPSA) is 21.3 Å². The van der Waals surface area contributed by atoms with E-state index in [9.17, 15) is 0 Å². The van der Waals surface area contributed by atoms with E-state index in [0.717, 1.165) is 26.3 Å². The quantitative estimate of drug-likeness (QED) is 0.767. The van der Waals surface area contributed by atoms with Crippen molar-refractivity contribution < 1.29 is 4.74 Å². The Bertz CT molecular complexity index is 304. The van der Waals surface area contributed by atoms with Crippen molar-refractivity contribution in [1.29, 1.82) is 0 Å². The van der Waals surface area contributed by atoms with Crippen LogP contribution < -0.4 is 5.32 Å². The zero-order chi connectivity index (χ0) is 11.2. The number of nitrogens with one attached hydrogen (secondary N) is 1. The number of ether oxygens (including phenoxy) is 1. The zero-order valence-electron chi connectivity index (χ0n) is 9.74. The fraction of sp³-hybridized carbons (Fsp3) is 0.538. The van der Waals surface area contributed by atoms with Gasteiger partial charge in [0.2, 0.25) is 0 Å². The van der Waals surface area contributed by atoms with Crippen LogP contribution in [0.3, 0.4) is 0 Å². The third-order valence-corrected chi connectivity index (χ3v) is 4.03. The first kappa shape index (κ1) is 12.0. The summed E-state index contributed by atoms with van der Waals surface area (Å²) in [6.45, 7) is 5.70. The fourth-order valence-electron chi connectivity index (χ4n) is 1.92. The van der Waals surface area contributed by atoms with Crippen molar-refractivity contribution in [2.24, 2.45) is 0 Å². The van der Waals surface area contributed by atoms with Gasteiger partial charge in [-0.05, 0) is 25.0 Å². The van der Waals surface area contributed by atoms with E-state index < -0.39 is 0 Å². The third-order valence-electron chi connectivity index (χ3n) is 2.71. The van der Waals surface area contributed by atoms with E-state index in [4.69, 9.17) is 4.74 Å². The Morgan fingerprint density at radius 3 is 3.12 bits per heavy atom. The van der Waals surface area contributed by atoms with Crippen LogP contribution in [0.5, 0.6) is 0 Å². The molecule has 1 heterocycles.